The van der Waals surface area contributed by atoms with E-state index in [0.717, 1.165) is 29.9 Å². The molecule has 0 amide bonds. The fourth-order valence-electron chi connectivity index (χ4n) is 1.56. The number of hydrogen-bond acceptors (Lipinski definition) is 3. The van der Waals surface area contributed by atoms with E-state index >= 15 is 0 Å². The molecule has 14 heavy (non-hydrogen) atoms. The zero-order chi connectivity index (χ0) is 9.97. The molecule has 1 aromatic carbocycles. The van der Waals surface area contributed by atoms with E-state index < -0.39 is 0 Å². The van der Waals surface area contributed by atoms with Crippen molar-refractivity contribution in [3.05, 3.63) is 28.2 Å². The maximum absolute atomic E-state index is 5.81. The molecule has 1 saturated heterocycles. The third kappa shape index (κ3) is 2.08. The van der Waals surface area contributed by atoms with Gasteiger partial charge in [-0.15, -0.1) is 0 Å². The highest BCUT2D eigenvalue weighted by atomic mass is 79.9. The van der Waals surface area contributed by atoms with Crippen LogP contribution in [-0.4, -0.2) is 19.8 Å². The minimum absolute atomic E-state index is 0.277. The number of rotatable bonds is 1. The Labute approximate surface area is 91.8 Å². The third-order valence-corrected chi connectivity index (χ3v) is 3.07. The molecular formula is C10H13BrN2O. The molecule has 1 aliphatic heterocycles. The van der Waals surface area contributed by atoms with Gasteiger partial charge in [-0.1, -0.05) is 6.07 Å². The molecule has 1 fully saturated rings. The van der Waals surface area contributed by atoms with Crippen molar-refractivity contribution in [1.82, 2.24) is 5.32 Å². The summed E-state index contributed by atoms with van der Waals surface area (Å²) < 4.78 is 6.33. The Morgan fingerprint density at radius 2 is 2.36 bits per heavy atom. The van der Waals surface area contributed by atoms with Gasteiger partial charge in [0, 0.05) is 16.7 Å². The normalized spacial score (nSPS) is 22.2. The lowest BCUT2D eigenvalue weighted by Crippen LogP contribution is -2.34. The molecule has 1 aliphatic rings. The smallest absolute Gasteiger partial charge is 0.0662 e. The van der Waals surface area contributed by atoms with Gasteiger partial charge in [-0.25, -0.2) is 0 Å². The molecule has 0 aliphatic carbocycles. The summed E-state index contributed by atoms with van der Waals surface area (Å²) in [5.41, 5.74) is 7.77. The molecule has 0 bridgehead atoms. The number of morpholine rings is 1. The predicted molar refractivity (Wildman–Crippen MR) is 60.1 cm³/mol. The van der Waals surface area contributed by atoms with E-state index in [4.69, 9.17) is 10.5 Å². The standard InChI is InChI=1S/C10H13BrN2O/c11-8-2-1-7(5-9(8)12)10-6-14-4-3-13-10/h1-2,5,10,13H,3-4,6,12H2. The van der Waals surface area contributed by atoms with Crippen LogP contribution in [0.3, 0.4) is 0 Å². The monoisotopic (exact) mass is 256 g/mol. The van der Waals surface area contributed by atoms with E-state index in [0.29, 0.717) is 0 Å². The van der Waals surface area contributed by atoms with Crippen molar-refractivity contribution in [3.63, 3.8) is 0 Å². The van der Waals surface area contributed by atoms with Crippen LogP contribution in [0.1, 0.15) is 11.6 Å². The lowest BCUT2D eigenvalue weighted by Gasteiger charge is -2.24. The number of ether oxygens (including phenoxy) is 1. The van der Waals surface area contributed by atoms with E-state index in [1.54, 1.807) is 0 Å². The Morgan fingerprint density at radius 1 is 1.50 bits per heavy atom. The molecule has 0 radical (unpaired) electrons. The van der Waals surface area contributed by atoms with Crippen molar-refractivity contribution >= 4 is 21.6 Å². The predicted octanol–water partition coefficient (Wildman–Crippen LogP) is 1.69. The van der Waals surface area contributed by atoms with Crippen LogP contribution in [0.25, 0.3) is 0 Å². The summed E-state index contributed by atoms with van der Waals surface area (Å²) in [5.74, 6) is 0. The maximum Gasteiger partial charge on any atom is 0.0662 e. The van der Waals surface area contributed by atoms with Crippen LogP contribution in [0.15, 0.2) is 22.7 Å². The molecule has 0 saturated carbocycles. The maximum atomic E-state index is 5.81. The van der Waals surface area contributed by atoms with Crippen molar-refractivity contribution in [1.29, 1.82) is 0 Å². The molecule has 0 spiro atoms. The highest BCUT2D eigenvalue weighted by molar-refractivity contribution is 9.10. The minimum Gasteiger partial charge on any atom is -0.398 e. The molecule has 76 valence electrons. The molecule has 3 nitrogen and oxygen atoms in total. The summed E-state index contributed by atoms with van der Waals surface area (Å²) in [6, 6.07) is 6.30. The fraction of sp³-hybridized carbons (Fsp3) is 0.400. The Hall–Kier alpha value is -0.580. The molecule has 2 rings (SSSR count). The molecule has 3 N–H and O–H groups in total. The number of nitrogens with one attached hydrogen (secondary N) is 1. The van der Waals surface area contributed by atoms with Crippen LogP contribution in [0.5, 0.6) is 0 Å². The first-order valence-electron chi connectivity index (χ1n) is 4.63. The molecule has 4 heteroatoms. The Kier molecular flexibility index (Phi) is 3.05. The van der Waals surface area contributed by atoms with Crippen molar-refractivity contribution in [2.75, 3.05) is 25.5 Å². The van der Waals surface area contributed by atoms with Crippen molar-refractivity contribution in [3.8, 4) is 0 Å². The van der Waals surface area contributed by atoms with Crippen molar-refractivity contribution in [2.24, 2.45) is 0 Å². The van der Waals surface area contributed by atoms with Gasteiger partial charge < -0.3 is 15.8 Å². The number of nitrogens with two attached hydrogens (primary N) is 1. The van der Waals surface area contributed by atoms with Crippen LogP contribution in [0.2, 0.25) is 0 Å². The first-order chi connectivity index (χ1) is 6.77. The number of anilines is 1. The highest BCUT2D eigenvalue weighted by Gasteiger charge is 2.15. The van der Waals surface area contributed by atoms with Gasteiger partial charge in [-0.05, 0) is 33.6 Å². The lowest BCUT2D eigenvalue weighted by molar-refractivity contribution is 0.0769. The SMILES string of the molecule is Nc1cc(C2COCCN2)ccc1Br. The second-order valence-corrected chi connectivity index (χ2v) is 4.22. The average molecular weight is 257 g/mol. The van der Waals surface area contributed by atoms with Crippen LogP contribution < -0.4 is 11.1 Å². The second-order valence-electron chi connectivity index (χ2n) is 3.36. The summed E-state index contributed by atoms with van der Waals surface area (Å²) in [4.78, 5) is 0. The van der Waals surface area contributed by atoms with Gasteiger partial charge in [0.25, 0.3) is 0 Å². The van der Waals surface area contributed by atoms with Crippen LogP contribution in [0, 0.1) is 0 Å². The first-order valence-corrected chi connectivity index (χ1v) is 5.43. The molecule has 1 atom stereocenters. The Bertz CT molecular complexity index is 324. The van der Waals surface area contributed by atoms with Gasteiger partial charge in [-0.3, -0.25) is 0 Å². The highest BCUT2D eigenvalue weighted by Crippen LogP contribution is 2.24. The molecule has 0 aromatic heterocycles. The zero-order valence-electron chi connectivity index (χ0n) is 7.79. The van der Waals surface area contributed by atoms with Crippen LogP contribution in [-0.2, 0) is 4.74 Å². The second kappa shape index (κ2) is 4.29. The van der Waals surface area contributed by atoms with E-state index in [1.165, 1.54) is 5.56 Å². The molecule has 1 heterocycles. The number of benzene rings is 1. The van der Waals surface area contributed by atoms with Gasteiger partial charge in [0.1, 0.15) is 0 Å². The summed E-state index contributed by atoms with van der Waals surface area (Å²) in [5, 5.41) is 3.39. The van der Waals surface area contributed by atoms with E-state index in [2.05, 4.69) is 27.3 Å². The minimum atomic E-state index is 0.277. The van der Waals surface area contributed by atoms with Crippen LogP contribution >= 0.6 is 15.9 Å². The first kappa shape index (κ1) is 9.96. The number of nitrogen functional groups attached to an aromatic ring is 1. The van der Waals surface area contributed by atoms with Gasteiger partial charge in [0.05, 0.1) is 19.3 Å². The molecule has 1 unspecified atom stereocenters. The quantitative estimate of drug-likeness (QED) is 0.753. The average Bonchev–Trinajstić information content (AvgIpc) is 2.23. The van der Waals surface area contributed by atoms with E-state index in [-0.39, 0.29) is 6.04 Å². The fourth-order valence-corrected chi connectivity index (χ4v) is 1.81. The third-order valence-electron chi connectivity index (χ3n) is 2.34. The van der Waals surface area contributed by atoms with Crippen LogP contribution in [0.4, 0.5) is 5.69 Å². The van der Waals surface area contributed by atoms with Gasteiger partial charge in [0.2, 0.25) is 0 Å². The van der Waals surface area contributed by atoms with E-state index in [1.807, 2.05) is 12.1 Å². The van der Waals surface area contributed by atoms with Gasteiger partial charge in [0.15, 0.2) is 0 Å². The van der Waals surface area contributed by atoms with Gasteiger partial charge in [-0.2, -0.15) is 0 Å². The van der Waals surface area contributed by atoms with E-state index in [9.17, 15) is 0 Å². The Balaban J connectivity index is 2.18. The van der Waals surface area contributed by atoms with Crippen molar-refractivity contribution in [2.45, 2.75) is 6.04 Å². The lowest BCUT2D eigenvalue weighted by atomic mass is 10.1. The number of hydrogen-bond donors (Lipinski definition) is 2. The number of halogens is 1. The summed E-state index contributed by atoms with van der Waals surface area (Å²) >= 11 is 3.38. The largest absolute Gasteiger partial charge is 0.398 e. The molecular weight excluding hydrogens is 244 g/mol. The molecule has 1 aromatic rings. The Morgan fingerprint density at radius 3 is 3.00 bits per heavy atom. The van der Waals surface area contributed by atoms with Crippen molar-refractivity contribution < 1.29 is 4.74 Å². The summed E-state index contributed by atoms with van der Waals surface area (Å²) in [7, 11) is 0. The summed E-state index contributed by atoms with van der Waals surface area (Å²) in [6.45, 7) is 2.42. The topological polar surface area (TPSA) is 47.3 Å². The van der Waals surface area contributed by atoms with Gasteiger partial charge >= 0.3 is 0 Å². The zero-order valence-corrected chi connectivity index (χ0v) is 9.38. The summed E-state index contributed by atoms with van der Waals surface area (Å²) in [6.07, 6.45) is 0.